The number of rotatable bonds is 3. The largest absolute Gasteiger partial charge is 0.508 e. The van der Waals surface area contributed by atoms with Crippen LogP contribution in [0, 0.1) is 11.8 Å². The van der Waals surface area contributed by atoms with Crippen LogP contribution < -0.4 is 5.73 Å². The number of phenols is 1. The summed E-state index contributed by atoms with van der Waals surface area (Å²) in [7, 11) is 0. The van der Waals surface area contributed by atoms with E-state index in [-0.39, 0.29) is 41.2 Å². The van der Waals surface area contributed by atoms with Gasteiger partial charge in [0.1, 0.15) is 22.8 Å². The number of fused-ring (bicyclic) bond motifs is 3. The number of benzene rings is 1. The first-order chi connectivity index (χ1) is 15.0. The van der Waals surface area contributed by atoms with Crippen molar-refractivity contribution in [1.82, 2.24) is 0 Å². The smallest absolute Gasteiger partial charge is 0.255 e. The lowest BCUT2D eigenvalue weighted by molar-refractivity contribution is -0.147. The SMILES string of the molecule is NC(=O)C1=C(O)[C@@]2(O)C(=O)C3=C(O)c4c(O)ccc(/C=C(\Cl)CO)c4C[C@H]3C[C@H]2CC1=O. The van der Waals surface area contributed by atoms with Crippen molar-refractivity contribution in [2.75, 3.05) is 6.61 Å². The Kier molecular flexibility index (Phi) is 5.15. The number of carbonyl (C=O) groups is 3. The fraction of sp³-hybridized carbons (Fsp3) is 0.318. The van der Waals surface area contributed by atoms with E-state index in [0.29, 0.717) is 11.1 Å². The number of phenolic OH excluding ortho intramolecular Hbond substituents is 1. The van der Waals surface area contributed by atoms with Gasteiger partial charge < -0.3 is 31.3 Å². The molecule has 0 aromatic heterocycles. The van der Waals surface area contributed by atoms with E-state index in [1.807, 2.05) is 0 Å². The quantitative estimate of drug-likeness (QED) is 0.361. The number of amides is 1. The molecule has 0 heterocycles. The van der Waals surface area contributed by atoms with E-state index < -0.39 is 58.6 Å². The normalized spacial score (nSPS) is 27.8. The molecular formula is C22H20ClNO8. The van der Waals surface area contributed by atoms with Crippen molar-refractivity contribution in [2.24, 2.45) is 17.6 Å². The van der Waals surface area contributed by atoms with Crippen molar-refractivity contribution in [3.8, 4) is 5.75 Å². The minimum Gasteiger partial charge on any atom is -0.508 e. The van der Waals surface area contributed by atoms with Crippen molar-refractivity contribution in [2.45, 2.75) is 24.9 Å². The zero-order chi connectivity index (χ0) is 23.5. The molecule has 1 fully saturated rings. The number of Topliss-reactive ketones (excluding diaryl/α,β-unsaturated/α-hetero) is 2. The molecule has 32 heavy (non-hydrogen) atoms. The van der Waals surface area contributed by atoms with Gasteiger partial charge in [0.15, 0.2) is 11.4 Å². The monoisotopic (exact) mass is 461 g/mol. The van der Waals surface area contributed by atoms with E-state index >= 15 is 0 Å². The van der Waals surface area contributed by atoms with Crippen LogP contribution in [0.15, 0.2) is 34.1 Å². The lowest BCUT2D eigenvalue weighted by Crippen LogP contribution is -2.58. The number of carbonyl (C=O) groups excluding carboxylic acids is 3. The van der Waals surface area contributed by atoms with E-state index in [1.54, 1.807) is 6.07 Å². The third-order valence-electron chi connectivity index (χ3n) is 6.45. The highest BCUT2D eigenvalue weighted by Gasteiger charge is 2.60. The van der Waals surface area contributed by atoms with Gasteiger partial charge in [0.2, 0.25) is 5.78 Å². The summed E-state index contributed by atoms with van der Waals surface area (Å²) in [5.74, 6) is -6.79. The van der Waals surface area contributed by atoms with Crippen LogP contribution in [-0.4, -0.2) is 55.2 Å². The van der Waals surface area contributed by atoms with Crippen molar-refractivity contribution in [1.29, 1.82) is 0 Å². The van der Waals surface area contributed by atoms with Gasteiger partial charge in [0.05, 0.1) is 12.2 Å². The number of nitrogens with two attached hydrogens (primary N) is 1. The van der Waals surface area contributed by atoms with E-state index in [4.69, 9.17) is 17.3 Å². The summed E-state index contributed by atoms with van der Waals surface area (Å²) in [6.07, 6.45) is 1.28. The average Bonchev–Trinajstić information content (AvgIpc) is 2.72. The van der Waals surface area contributed by atoms with Crippen LogP contribution in [-0.2, 0) is 20.8 Å². The fourth-order valence-corrected chi connectivity index (χ4v) is 5.11. The number of primary amides is 1. The second kappa shape index (κ2) is 7.47. The second-order valence-corrected chi connectivity index (χ2v) is 8.67. The van der Waals surface area contributed by atoms with Crippen LogP contribution in [0.5, 0.6) is 5.75 Å². The third-order valence-corrected chi connectivity index (χ3v) is 6.68. The number of hydrogen-bond donors (Lipinski definition) is 6. The fourth-order valence-electron chi connectivity index (χ4n) is 5.00. The molecule has 1 aromatic carbocycles. The maximum atomic E-state index is 13.4. The molecule has 3 aliphatic rings. The molecule has 0 bridgehead atoms. The number of aromatic hydroxyl groups is 1. The molecule has 0 spiro atoms. The Morgan fingerprint density at radius 2 is 1.91 bits per heavy atom. The zero-order valence-corrected chi connectivity index (χ0v) is 17.4. The first-order valence-electron chi connectivity index (χ1n) is 9.81. The standard InChI is InChI=1S/C22H20ClNO8/c23-11(7-25)4-8-1-2-13(26)16-12(8)5-9-3-10-6-14(27)17(21(24)31)20(30)22(10,32)19(29)15(9)18(16)28/h1-2,4,9-10,25-26,28,30,32H,3,5-7H2,(H2,24,31)/b11-4-/t9-,10+,22+/m1/s1. The van der Waals surface area contributed by atoms with Crippen molar-refractivity contribution >= 4 is 40.9 Å². The predicted octanol–water partition coefficient (Wildman–Crippen LogP) is 0.996. The summed E-state index contributed by atoms with van der Waals surface area (Å²) in [5, 5.41) is 52.4. The molecule has 10 heteroatoms. The van der Waals surface area contributed by atoms with E-state index in [0.717, 1.165) is 0 Å². The average molecular weight is 462 g/mol. The van der Waals surface area contributed by atoms with Crippen LogP contribution in [0.25, 0.3) is 11.8 Å². The van der Waals surface area contributed by atoms with Gasteiger partial charge in [-0.05, 0) is 42.0 Å². The molecule has 168 valence electrons. The van der Waals surface area contributed by atoms with Gasteiger partial charge in [0.25, 0.3) is 5.91 Å². The lowest BCUT2D eigenvalue weighted by Gasteiger charge is -2.46. The highest BCUT2D eigenvalue weighted by atomic mass is 35.5. The van der Waals surface area contributed by atoms with Crippen LogP contribution in [0.1, 0.15) is 29.5 Å². The Morgan fingerprint density at radius 3 is 2.53 bits per heavy atom. The van der Waals surface area contributed by atoms with E-state index in [9.17, 15) is 39.9 Å². The Hall–Kier alpha value is -3.14. The van der Waals surface area contributed by atoms with Crippen molar-refractivity contribution < 1.29 is 39.9 Å². The first kappa shape index (κ1) is 22.1. The maximum Gasteiger partial charge on any atom is 0.255 e. The Balaban J connectivity index is 1.93. The summed E-state index contributed by atoms with van der Waals surface area (Å²) in [5.41, 5.74) is 2.46. The molecule has 4 rings (SSSR count). The molecule has 1 saturated carbocycles. The van der Waals surface area contributed by atoms with Gasteiger partial charge in [-0.25, -0.2) is 0 Å². The zero-order valence-electron chi connectivity index (χ0n) is 16.6. The van der Waals surface area contributed by atoms with Gasteiger partial charge in [-0.3, -0.25) is 14.4 Å². The molecule has 3 aliphatic carbocycles. The van der Waals surface area contributed by atoms with Crippen LogP contribution in [0.2, 0.25) is 0 Å². The number of ketones is 2. The molecule has 0 saturated heterocycles. The van der Waals surface area contributed by atoms with Gasteiger partial charge in [-0.2, -0.15) is 0 Å². The minimum atomic E-state index is -2.59. The number of halogens is 1. The summed E-state index contributed by atoms with van der Waals surface area (Å²) in [6.45, 7) is -0.419. The summed E-state index contributed by atoms with van der Waals surface area (Å²) >= 11 is 5.94. The van der Waals surface area contributed by atoms with Gasteiger partial charge in [-0.15, -0.1) is 0 Å². The van der Waals surface area contributed by atoms with Gasteiger partial charge >= 0.3 is 0 Å². The van der Waals surface area contributed by atoms with Gasteiger partial charge in [0, 0.05) is 22.9 Å². The van der Waals surface area contributed by atoms with Gasteiger partial charge in [-0.1, -0.05) is 17.7 Å². The highest BCUT2D eigenvalue weighted by molar-refractivity contribution is 6.31. The minimum absolute atomic E-state index is 0.0340. The van der Waals surface area contributed by atoms with E-state index in [1.165, 1.54) is 12.1 Å². The molecule has 1 amide bonds. The topological polar surface area (TPSA) is 178 Å². The third kappa shape index (κ3) is 2.96. The maximum absolute atomic E-state index is 13.4. The number of aliphatic hydroxyl groups is 4. The van der Waals surface area contributed by atoms with Crippen LogP contribution in [0.3, 0.4) is 0 Å². The Labute approximate surface area is 186 Å². The summed E-state index contributed by atoms with van der Waals surface area (Å²) < 4.78 is 0. The molecule has 0 unspecified atom stereocenters. The second-order valence-electron chi connectivity index (χ2n) is 8.18. The first-order valence-corrected chi connectivity index (χ1v) is 10.2. The molecule has 9 nitrogen and oxygen atoms in total. The Bertz CT molecular complexity index is 1180. The summed E-state index contributed by atoms with van der Waals surface area (Å²) in [6, 6.07) is 2.83. The number of aliphatic hydroxyl groups excluding tert-OH is 3. The highest BCUT2D eigenvalue weighted by Crippen LogP contribution is 2.52. The molecular weight excluding hydrogens is 442 g/mol. The molecule has 3 atom stereocenters. The van der Waals surface area contributed by atoms with Crippen molar-refractivity contribution in [3.63, 3.8) is 0 Å². The number of hydrogen-bond acceptors (Lipinski definition) is 8. The lowest BCUT2D eigenvalue weighted by atomic mass is 9.59. The van der Waals surface area contributed by atoms with E-state index in [2.05, 4.69) is 0 Å². The molecule has 7 N–H and O–H groups in total. The molecule has 0 aliphatic heterocycles. The Morgan fingerprint density at radius 1 is 1.22 bits per heavy atom. The predicted molar refractivity (Wildman–Crippen MR) is 112 cm³/mol. The van der Waals surface area contributed by atoms with Crippen LogP contribution in [0.4, 0.5) is 0 Å². The van der Waals surface area contributed by atoms with Crippen molar-refractivity contribution in [3.05, 3.63) is 50.8 Å². The molecule has 1 aromatic rings. The van der Waals surface area contributed by atoms with Crippen LogP contribution >= 0.6 is 11.6 Å². The molecule has 0 radical (unpaired) electrons. The summed E-state index contributed by atoms with van der Waals surface area (Å²) in [4.78, 5) is 37.3.